The molecule has 2 nitrogen and oxygen atoms in total. The highest BCUT2D eigenvalue weighted by atomic mass is 16.3. The minimum Gasteiger partial charge on any atom is -0.443 e. The topological polar surface area (TPSA) is 26.0 Å². The van der Waals surface area contributed by atoms with E-state index >= 15 is 0 Å². The van der Waals surface area contributed by atoms with E-state index < -0.39 is 0 Å². The Morgan fingerprint density at radius 3 is 2.12 bits per heavy atom. The summed E-state index contributed by atoms with van der Waals surface area (Å²) in [6, 6.07) is 4.38. The van der Waals surface area contributed by atoms with Gasteiger partial charge in [0.25, 0.3) is 0 Å². The van der Waals surface area contributed by atoms with E-state index in [1.54, 1.807) is 0 Å². The third kappa shape index (κ3) is 2.21. The largest absolute Gasteiger partial charge is 0.443 e. The van der Waals surface area contributed by atoms with Crippen molar-refractivity contribution in [2.45, 2.75) is 52.4 Å². The molecule has 92 valence electrons. The molecule has 0 saturated carbocycles. The lowest BCUT2D eigenvalue weighted by atomic mass is 9.80. The van der Waals surface area contributed by atoms with E-state index in [0.29, 0.717) is 0 Å². The Labute approximate surface area is 103 Å². The van der Waals surface area contributed by atoms with Crippen molar-refractivity contribution in [1.82, 2.24) is 4.98 Å². The van der Waals surface area contributed by atoms with Crippen molar-refractivity contribution in [3.63, 3.8) is 0 Å². The molecule has 2 heteroatoms. The standard InChI is InChI=1S/C15H21NO/c1-14(2,3)10-7-11(15(4,5)6)13-12(8-10)17-9-16-13/h7-9H,1-6H3. The first-order chi connectivity index (χ1) is 7.69. The summed E-state index contributed by atoms with van der Waals surface area (Å²) >= 11 is 0. The summed E-state index contributed by atoms with van der Waals surface area (Å²) in [6.45, 7) is 13.3. The SMILES string of the molecule is CC(C)(C)c1cc(C(C)(C)C)c2ncoc2c1. The molecule has 0 aliphatic rings. The zero-order valence-electron chi connectivity index (χ0n) is 11.6. The van der Waals surface area contributed by atoms with Gasteiger partial charge in [0.2, 0.25) is 0 Å². The van der Waals surface area contributed by atoms with Crippen LogP contribution in [0.3, 0.4) is 0 Å². The van der Waals surface area contributed by atoms with Gasteiger partial charge in [0.15, 0.2) is 12.0 Å². The van der Waals surface area contributed by atoms with Gasteiger partial charge in [0.1, 0.15) is 5.52 Å². The first-order valence-electron chi connectivity index (χ1n) is 6.08. The second kappa shape index (κ2) is 3.59. The van der Waals surface area contributed by atoms with Gasteiger partial charge < -0.3 is 4.42 Å². The normalized spacial score (nSPS) is 13.3. The van der Waals surface area contributed by atoms with Crippen LogP contribution in [-0.2, 0) is 10.8 Å². The van der Waals surface area contributed by atoms with E-state index in [4.69, 9.17) is 4.42 Å². The number of hydrogen-bond acceptors (Lipinski definition) is 2. The molecule has 0 aliphatic carbocycles. The highest BCUT2D eigenvalue weighted by Crippen LogP contribution is 2.34. The molecule has 1 aromatic carbocycles. The van der Waals surface area contributed by atoms with Gasteiger partial charge in [-0.05, 0) is 28.0 Å². The van der Waals surface area contributed by atoms with E-state index in [2.05, 4.69) is 58.7 Å². The van der Waals surface area contributed by atoms with Crippen molar-refractivity contribution >= 4 is 11.1 Å². The summed E-state index contributed by atoms with van der Waals surface area (Å²) in [4.78, 5) is 4.34. The third-order valence-corrected chi connectivity index (χ3v) is 3.11. The van der Waals surface area contributed by atoms with Crippen LogP contribution >= 0.6 is 0 Å². The summed E-state index contributed by atoms with van der Waals surface area (Å²) in [7, 11) is 0. The van der Waals surface area contributed by atoms with Gasteiger partial charge >= 0.3 is 0 Å². The molecule has 0 fully saturated rings. The third-order valence-electron chi connectivity index (χ3n) is 3.11. The number of aromatic nitrogens is 1. The number of hydrogen-bond donors (Lipinski definition) is 0. The first kappa shape index (κ1) is 12.2. The summed E-state index contributed by atoms with van der Waals surface area (Å²) in [6.07, 6.45) is 1.53. The van der Waals surface area contributed by atoms with Gasteiger partial charge in [-0.15, -0.1) is 0 Å². The number of benzene rings is 1. The van der Waals surface area contributed by atoms with E-state index in [9.17, 15) is 0 Å². The Hall–Kier alpha value is -1.31. The van der Waals surface area contributed by atoms with Gasteiger partial charge in [0, 0.05) is 0 Å². The second-order valence-electron chi connectivity index (χ2n) is 6.72. The molecule has 17 heavy (non-hydrogen) atoms. The van der Waals surface area contributed by atoms with Crippen molar-refractivity contribution in [3.05, 3.63) is 29.7 Å². The van der Waals surface area contributed by atoms with Crippen LogP contribution in [0.4, 0.5) is 0 Å². The van der Waals surface area contributed by atoms with Crippen LogP contribution < -0.4 is 0 Å². The molecule has 0 aliphatic heterocycles. The van der Waals surface area contributed by atoms with Crippen molar-refractivity contribution in [2.75, 3.05) is 0 Å². The van der Waals surface area contributed by atoms with Gasteiger partial charge in [-0.25, -0.2) is 4.98 Å². The fourth-order valence-electron chi connectivity index (χ4n) is 1.97. The first-order valence-corrected chi connectivity index (χ1v) is 6.08. The molecule has 0 saturated heterocycles. The maximum Gasteiger partial charge on any atom is 0.181 e. The summed E-state index contributed by atoms with van der Waals surface area (Å²) in [5.41, 5.74) is 4.64. The van der Waals surface area contributed by atoms with Crippen LogP contribution in [0, 0.1) is 0 Å². The van der Waals surface area contributed by atoms with Crippen LogP contribution in [0.15, 0.2) is 22.9 Å². The van der Waals surface area contributed by atoms with E-state index in [-0.39, 0.29) is 10.8 Å². The minimum absolute atomic E-state index is 0.0797. The number of oxazole rings is 1. The second-order valence-corrected chi connectivity index (χ2v) is 6.72. The Morgan fingerprint density at radius 2 is 1.59 bits per heavy atom. The monoisotopic (exact) mass is 231 g/mol. The lowest BCUT2D eigenvalue weighted by Crippen LogP contribution is -2.16. The van der Waals surface area contributed by atoms with Gasteiger partial charge in [-0.1, -0.05) is 47.6 Å². The highest BCUT2D eigenvalue weighted by molar-refractivity contribution is 5.78. The van der Waals surface area contributed by atoms with E-state index in [1.807, 2.05) is 0 Å². The number of rotatable bonds is 0. The lowest BCUT2D eigenvalue weighted by molar-refractivity contribution is 0.566. The Bertz CT molecular complexity index is 538. The van der Waals surface area contributed by atoms with Crippen LogP contribution in [0.25, 0.3) is 11.1 Å². The highest BCUT2D eigenvalue weighted by Gasteiger charge is 2.23. The van der Waals surface area contributed by atoms with E-state index in [0.717, 1.165) is 11.1 Å². The molecule has 0 N–H and O–H groups in total. The maximum atomic E-state index is 5.48. The minimum atomic E-state index is 0.0797. The predicted octanol–water partition coefficient (Wildman–Crippen LogP) is 4.42. The molecule has 0 amide bonds. The van der Waals surface area contributed by atoms with Crippen LogP contribution in [0.2, 0.25) is 0 Å². The van der Waals surface area contributed by atoms with Gasteiger partial charge in [-0.3, -0.25) is 0 Å². The number of fused-ring (bicyclic) bond motifs is 1. The molecule has 0 spiro atoms. The van der Waals surface area contributed by atoms with Crippen LogP contribution in [0.1, 0.15) is 52.7 Å². The molecule has 1 aromatic heterocycles. The molecule has 2 aromatic rings. The lowest BCUT2D eigenvalue weighted by Gasteiger charge is -2.24. The quantitative estimate of drug-likeness (QED) is 0.670. The molecule has 0 bridgehead atoms. The Balaban J connectivity index is 2.76. The van der Waals surface area contributed by atoms with Gasteiger partial charge in [-0.2, -0.15) is 0 Å². The van der Waals surface area contributed by atoms with Crippen LogP contribution in [-0.4, -0.2) is 4.98 Å². The summed E-state index contributed by atoms with van der Waals surface area (Å²) in [5, 5.41) is 0. The predicted molar refractivity (Wildman–Crippen MR) is 71.4 cm³/mol. The van der Waals surface area contributed by atoms with E-state index in [1.165, 1.54) is 17.5 Å². The molecular formula is C15H21NO. The Kier molecular flexibility index (Phi) is 2.57. The van der Waals surface area contributed by atoms with Crippen molar-refractivity contribution in [2.24, 2.45) is 0 Å². The fraction of sp³-hybridized carbons (Fsp3) is 0.533. The average Bonchev–Trinajstić information content (AvgIpc) is 2.59. The Morgan fingerprint density at radius 1 is 0.941 bits per heavy atom. The van der Waals surface area contributed by atoms with Gasteiger partial charge in [0.05, 0.1) is 0 Å². The summed E-state index contributed by atoms with van der Waals surface area (Å²) < 4.78 is 5.48. The fourth-order valence-corrected chi connectivity index (χ4v) is 1.97. The zero-order valence-corrected chi connectivity index (χ0v) is 11.6. The molecule has 2 rings (SSSR count). The van der Waals surface area contributed by atoms with Crippen molar-refractivity contribution in [3.8, 4) is 0 Å². The smallest absolute Gasteiger partial charge is 0.181 e. The van der Waals surface area contributed by atoms with Crippen molar-refractivity contribution < 1.29 is 4.42 Å². The van der Waals surface area contributed by atoms with Crippen LogP contribution in [0.5, 0.6) is 0 Å². The molecular weight excluding hydrogens is 210 g/mol. The average molecular weight is 231 g/mol. The molecule has 1 heterocycles. The summed E-state index contributed by atoms with van der Waals surface area (Å²) in [5.74, 6) is 0. The molecule has 0 radical (unpaired) electrons. The molecule has 0 atom stereocenters. The van der Waals surface area contributed by atoms with Crippen molar-refractivity contribution in [1.29, 1.82) is 0 Å². The number of nitrogens with zero attached hydrogens (tertiary/aromatic N) is 1. The maximum absolute atomic E-state index is 5.48. The molecule has 0 unspecified atom stereocenters. The zero-order chi connectivity index (χ0) is 12.8.